The maximum Gasteiger partial charge on any atom is 0.326 e. The first-order chi connectivity index (χ1) is 13.5. The van der Waals surface area contributed by atoms with E-state index >= 15 is 0 Å². The smallest absolute Gasteiger partial charge is 0.326 e. The number of carboxylic acid groups (broad SMARTS) is 1. The summed E-state index contributed by atoms with van der Waals surface area (Å²) in [6.07, 6.45) is 2.08. The van der Waals surface area contributed by atoms with Gasteiger partial charge in [0.05, 0.1) is 12.6 Å². The first-order valence-electron chi connectivity index (χ1n) is 9.45. The lowest BCUT2D eigenvalue weighted by Crippen LogP contribution is -2.59. The standard InChI is InChI=1S/C18H34N4O6S/c1-9(2)13(19)17(26)21-12(8-23)16(25)20-11(6-7-29-5)15(24)22-14(10(3)4)18(27)28/h9-14,23H,6-8,19H2,1-5H3,(H,20,25)(H,21,26)(H,22,24)(H,27,28). The van der Waals surface area contributed by atoms with E-state index in [1.165, 1.54) is 11.8 Å². The molecule has 0 spiro atoms. The number of nitrogens with two attached hydrogens (primary N) is 1. The lowest BCUT2D eigenvalue weighted by Gasteiger charge is -2.25. The van der Waals surface area contributed by atoms with E-state index in [2.05, 4.69) is 16.0 Å². The lowest BCUT2D eigenvalue weighted by atomic mass is 10.0. The highest BCUT2D eigenvalue weighted by Gasteiger charge is 2.31. The molecular formula is C18H34N4O6S. The van der Waals surface area contributed by atoms with Crippen LogP contribution in [0, 0.1) is 11.8 Å². The first kappa shape index (κ1) is 27.1. The molecule has 0 saturated heterocycles. The summed E-state index contributed by atoms with van der Waals surface area (Å²) in [6, 6.07) is -4.25. The molecule has 0 aromatic rings. The molecule has 168 valence electrons. The number of rotatable bonds is 13. The Balaban J connectivity index is 5.22. The van der Waals surface area contributed by atoms with Gasteiger partial charge in [0, 0.05) is 0 Å². The van der Waals surface area contributed by atoms with Gasteiger partial charge in [0.15, 0.2) is 0 Å². The monoisotopic (exact) mass is 434 g/mol. The third-order valence-electron chi connectivity index (χ3n) is 4.31. The number of aliphatic hydroxyl groups is 1. The Bertz CT molecular complexity index is 573. The van der Waals surface area contributed by atoms with Crippen LogP contribution in [0.15, 0.2) is 0 Å². The van der Waals surface area contributed by atoms with E-state index in [0.717, 1.165) is 0 Å². The van der Waals surface area contributed by atoms with Crippen LogP contribution >= 0.6 is 11.8 Å². The fourth-order valence-electron chi connectivity index (χ4n) is 2.31. The topological polar surface area (TPSA) is 171 Å². The minimum absolute atomic E-state index is 0.165. The van der Waals surface area contributed by atoms with Gasteiger partial charge < -0.3 is 31.9 Å². The number of amides is 3. The zero-order valence-corrected chi connectivity index (χ0v) is 18.4. The number of carboxylic acids is 1. The van der Waals surface area contributed by atoms with Crippen LogP contribution in [0.2, 0.25) is 0 Å². The second-order valence-corrected chi connectivity index (χ2v) is 8.41. The van der Waals surface area contributed by atoms with Gasteiger partial charge >= 0.3 is 5.97 Å². The second kappa shape index (κ2) is 13.4. The van der Waals surface area contributed by atoms with Crippen LogP contribution in [0.4, 0.5) is 0 Å². The zero-order chi connectivity index (χ0) is 22.7. The largest absolute Gasteiger partial charge is 0.480 e. The van der Waals surface area contributed by atoms with E-state index in [9.17, 15) is 29.4 Å². The molecule has 10 nitrogen and oxygen atoms in total. The van der Waals surface area contributed by atoms with Crippen molar-refractivity contribution >= 4 is 35.5 Å². The van der Waals surface area contributed by atoms with Crippen molar-refractivity contribution in [3.05, 3.63) is 0 Å². The van der Waals surface area contributed by atoms with E-state index in [1.807, 2.05) is 6.26 Å². The average molecular weight is 435 g/mol. The van der Waals surface area contributed by atoms with Crippen molar-refractivity contribution in [2.24, 2.45) is 17.6 Å². The van der Waals surface area contributed by atoms with Crippen molar-refractivity contribution in [1.82, 2.24) is 16.0 Å². The summed E-state index contributed by atoms with van der Waals surface area (Å²) in [5, 5.41) is 26.0. The second-order valence-electron chi connectivity index (χ2n) is 7.42. The van der Waals surface area contributed by atoms with Crippen LogP contribution in [-0.4, -0.2) is 76.7 Å². The third-order valence-corrected chi connectivity index (χ3v) is 4.95. The highest BCUT2D eigenvalue weighted by molar-refractivity contribution is 7.98. The fraction of sp³-hybridized carbons (Fsp3) is 0.778. The van der Waals surface area contributed by atoms with E-state index in [1.54, 1.807) is 27.7 Å². The zero-order valence-electron chi connectivity index (χ0n) is 17.6. The van der Waals surface area contributed by atoms with Gasteiger partial charge in [-0.15, -0.1) is 0 Å². The molecule has 0 fully saturated rings. The molecule has 7 N–H and O–H groups in total. The molecule has 29 heavy (non-hydrogen) atoms. The maximum absolute atomic E-state index is 12.6. The van der Waals surface area contributed by atoms with Crippen LogP contribution in [-0.2, 0) is 19.2 Å². The molecule has 4 unspecified atom stereocenters. The number of thioether (sulfide) groups is 1. The van der Waals surface area contributed by atoms with Gasteiger partial charge in [-0.25, -0.2) is 4.79 Å². The van der Waals surface area contributed by atoms with Gasteiger partial charge in [-0.05, 0) is 30.3 Å². The fourth-order valence-corrected chi connectivity index (χ4v) is 2.78. The Labute approximate surface area is 175 Å². The number of hydrogen-bond donors (Lipinski definition) is 6. The molecule has 0 aromatic carbocycles. The minimum Gasteiger partial charge on any atom is -0.480 e. The van der Waals surface area contributed by atoms with Gasteiger partial charge in [0.1, 0.15) is 18.1 Å². The normalized spacial score (nSPS) is 15.3. The summed E-state index contributed by atoms with van der Waals surface area (Å²) in [5.74, 6) is -3.15. The van der Waals surface area contributed by atoms with Crippen LogP contribution in [0.1, 0.15) is 34.1 Å². The molecule has 0 aliphatic carbocycles. The Kier molecular flexibility index (Phi) is 12.5. The van der Waals surface area contributed by atoms with E-state index in [4.69, 9.17) is 5.73 Å². The Morgan fingerprint density at radius 3 is 1.83 bits per heavy atom. The molecule has 0 rings (SSSR count). The third kappa shape index (κ3) is 9.46. The number of nitrogens with one attached hydrogen (secondary N) is 3. The van der Waals surface area contributed by atoms with Crippen molar-refractivity contribution in [1.29, 1.82) is 0 Å². The molecule has 4 atom stereocenters. The van der Waals surface area contributed by atoms with Crippen molar-refractivity contribution < 1.29 is 29.4 Å². The number of carbonyl (C=O) groups is 4. The average Bonchev–Trinajstić information content (AvgIpc) is 2.65. The summed E-state index contributed by atoms with van der Waals surface area (Å²) in [7, 11) is 0. The minimum atomic E-state index is -1.28. The highest BCUT2D eigenvalue weighted by atomic mass is 32.2. The van der Waals surface area contributed by atoms with Crippen molar-refractivity contribution in [2.75, 3.05) is 18.6 Å². The van der Waals surface area contributed by atoms with Gasteiger partial charge in [-0.3, -0.25) is 14.4 Å². The van der Waals surface area contributed by atoms with E-state index < -0.39 is 54.5 Å². The predicted molar refractivity (Wildman–Crippen MR) is 111 cm³/mol. The number of hydrogen-bond acceptors (Lipinski definition) is 7. The van der Waals surface area contributed by atoms with E-state index in [-0.39, 0.29) is 18.3 Å². The van der Waals surface area contributed by atoms with Gasteiger partial charge in [-0.1, -0.05) is 27.7 Å². The maximum atomic E-state index is 12.6. The summed E-state index contributed by atoms with van der Waals surface area (Å²) in [4.78, 5) is 48.5. The number of carbonyl (C=O) groups excluding carboxylic acids is 3. The van der Waals surface area contributed by atoms with Crippen molar-refractivity contribution in [2.45, 2.75) is 58.3 Å². The molecule has 0 bridgehead atoms. The van der Waals surface area contributed by atoms with Crippen molar-refractivity contribution in [3.8, 4) is 0 Å². The van der Waals surface area contributed by atoms with Crippen LogP contribution in [0.25, 0.3) is 0 Å². The van der Waals surface area contributed by atoms with Gasteiger partial charge in [0.2, 0.25) is 17.7 Å². The Hall–Kier alpha value is -1.85. The Morgan fingerprint density at radius 1 is 0.897 bits per heavy atom. The molecule has 0 aliphatic heterocycles. The first-order valence-corrected chi connectivity index (χ1v) is 10.8. The van der Waals surface area contributed by atoms with Gasteiger partial charge in [0.25, 0.3) is 0 Å². The summed E-state index contributed by atoms with van der Waals surface area (Å²) < 4.78 is 0. The van der Waals surface area contributed by atoms with Crippen LogP contribution in [0.3, 0.4) is 0 Å². The van der Waals surface area contributed by atoms with E-state index in [0.29, 0.717) is 5.75 Å². The summed E-state index contributed by atoms with van der Waals surface area (Å²) >= 11 is 1.45. The van der Waals surface area contributed by atoms with Crippen LogP contribution in [0.5, 0.6) is 0 Å². The lowest BCUT2D eigenvalue weighted by molar-refractivity contribution is -0.143. The quantitative estimate of drug-likeness (QED) is 0.212. The molecule has 0 heterocycles. The molecular weight excluding hydrogens is 400 g/mol. The molecule has 0 saturated carbocycles. The predicted octanol–water partition coefficient (Wildman–Crippen LogP) is -1.09. The van der Waals surface area contributed by atoms with Crippen molar-refractivity contribution in [3.63, 3.8) is 0 Å². The molecule has 0 aliphatic rings. The molecule has 0 radical (unpaired) electrons. The number of aliphatic carboxylic acids is 1. The highest BCUT2D eigenvalue weighted by Crippen LogP contribution is 2.06. The molecule has 11 heteroatoms. The summed E-state index contributed by atoms with van der Waals surface area (Å²) in [6.45, 7) is 6.12. The molecule has 3 amide bonds. The van der Waals surface area contributed by atoms with Crippen LogP contribution < -0.4 is 21.7 Å². The Morgan fingerprint density at radius 2 is 1.41 bits per heavy atom. The SMILES string of the molecule is CSCCC(NC(=O)C(CO)NC(=O)C(N)C(C)C)C(=O)NC(C(=O)O)C(C)C. The summed E-state index contributed by atoms with van der Waals surface area (Å²) in [5.41, 5.74) is 5.74. The number of aliphatic hydroxyl groups excluding tert-OH is 1. The molecule has 0 aromatic heterocycles. The van der Waals surface area contributed by atoms with Gasteiger partial charge in [-0.2, -0.15) is 11.8 Å².